The van der Waals surface area contributed by atoms with Gasteiger partial charge in [-0.2, -0.15) is 0 Å². The molecule has 0 bridgehead atoms. The zero-order chi connectivity index (χ0) is 26.2. The number of anilines is 2. The number of halogens is 2. The molecule has 2 heterocycles. The summed E-state index contributed by atoms with van der Waals surface area (Å²) >= 11 is 5.91. The van der Waals surface area contributed by atoms with Gasteiger partial charge in [0.1, 0.15) is 23.7 Å². The summed E-state index contributed by atoms with van der Waals surface area (Å²) in [7, 11) is 1.53. The first-order valence-corrected chi connectivity index (χ1v) is 12.1. The Balaban J connectivity index is 1.45. The number of carbonyl (C=O) groups excluding carboxylic acids is 1. The van der Waals surface area contributed by atoms with Crippen LogP contribution in [0.2, 0.25) is 5.02 Å². The molecular weight excluding hydrogens is 503 g/mol. The standard InChI is InChI=1S/C26H26ClFN4O5/c1-35-22-14-21-18(26(30-15-29-21)31-16-8-10-20(28)19(27)12-16)13-23(22)37-25-11-9-17(36-25)6-4-2-3-5-7-24(33)32-34/h8-15,34H,2-7H2,1H3,(H,32,33)(H,29,30,31). The van der Waals surface area contributed by atoms with Crippen LogP contribution in [-0.2, 0) is 11.2 Å². The molecule has 2 aromatic carbocycles. The van der Waals surface area contributed by atoms with Crippen molar-refractivity contribution in [3.8, 4) is 17.4 Å². The SMILES string of the molecule is COc1cc2ncnc(Nc3ccc(F)c(Cl)c3)c2cc1Oc1ccc(CCCCCCC(=O)NO)o1. The van der Waals surface area contributed by atoms with Crippen LogP contribution in [0.15, 0.2) is 53.2 Å². The largest absolute Gasteiger partial charge is 0.493 e. The van der Waals surface area contributed by atoms with Crippen molar-refractivity contribution in [3.05, 3.63) is 65.4 Å². The molecule has 1 amide bonds. The van der Waals surface area contributed by atoms with E-state index in [0.29, 0.717) is 46.3 Å². The molecule has 0 spiro atoms. The number of methoxy groups -OCH3 is 1. The van der Waals surface area contributed by atoms with Crippen LogP contribution in [0.4, 0.5) is 15.9 Å². The van der Waals surface area contributed by atoms with E-state index in [1.165, 1.54) is 25.6 Å². The third kappa shape index (κ3) is 6.87. The molecule has 2 aromatic heterocycles. The smallest absolute Gasteiger partial charge is 0.290 e. The predicted molar refractivity (Wildman–Crippen MR) is 136 cm³/mol. The lowest BCUT2D eigenvalue weighted by atomic mass is 10.1. The number of hydrogen-bond donors (Lipinski definition) is 3. The lowest BCUT2D eigenvalue weighted by Crippen LogP contribution is -2.17. The minimum absolute atomic E-state index is 0.00299. The monoisotopic (exact) mass is 528 g/mol. The van der Waals surface area contributed by atoms with E-state index in [0.717, 1.165) is 37.9 Å². The number of nitrogens with zero attached hydrogens (tertiary/aromatic N) is 2. The fourth-order valence-corrected chi connectivity index (χ4v) is 3.94. The number of benzene rings is 2. The molecule has 0 saturated carbocycles. The van der Waals surface area contributed by atoms with Gasteiger partial charge in [-0.3, -0.25) is 10.0 Å². The van der Waals surface area contributed by atoms with Crippen molar-refractivity contribution in [1.82, 2.24) is 15.4 Å². The summed E-state index contributed by atoms with van der Waals surface area (Å²) in [6, 6.07) is 11.4. The van der Waals surface area contributed by atoms with Gasteiger partial charge in [0.2, 0.25) is 5.91 Å². The summed E-state index contributed by atoms with van der Waals surface area (Å²) < 4.78 is 30.9. The van der Waals surface area contributed by atoms with E-state index in [9.17, 15) is 9.18 Å². The summed E-state index contributed by atoms with van der Waals surface area (Å²) in [5.74, 6) is 1.57. The molecule has 0 atom stereocenters. The minimum atomic E-state index is -0.509. The second kappa shape index (κ2) is 12.4. The first kappa shape index (κ1) is 26.2. The highest BCUT2D eigenvalue weighted by Crippen LogP contribution is 2.38. The fraction of sp³-hybridized carbons (Fsp3) is 0.269. The molecule has 194 valence electrons. The fourth-order valence-electron chi connectivity index (χ4n) is 3.76. The van der Waals surface area contributed by atoms with Gasteiger partial charge in [-0.25, -0.2) is 19.8 Å². The number of aryl methyl sites for hydroxylation is 1. The number of ether oxygens (including phenoxy) is 2. The van der Waals surface area contributed by atoms with Crippen LogP contribution in [0, 0.1) is 5.82 Å². The Bertz CT molecular complexity index is 1380. The van der Waals surface area contributed by atoms with Crippen molar-refractivity contribution in [1.29, 1.82) is 0 Å². The zero-order valence-corrected chi connectivity index (χ0v) is 20.8. The lowest BCUT2D eigenvalue weighted by Gasteiger charge is -2.13. The topological polar surface area (TPSA) is 119 Å². The van der Waals surface area contributed by atoms with Gasteiger partial charge in [0.25, 0.3) is 5.95 Å². The van der Waals surface area contributed by atoms with Gasteiger partial charge in [0.15, 0.2) is 11.5 Å². The van der Waals surface area contributed by atoms with Gasteiger partial charge in [-0.1, -0.05) is 24.4 Å². The Morgan fingerprint density at radius 2 is 1.92 bits per heavy atom. The van der Waals surface area contributed by atoms with Crippen molar-refractivity contribution in [2.75, 3.05) is 12.4 Å². The van der Waals surface area contributed by atoms with Crippen molar-refractivity contribution in [3.63, 3.8) is 0 Å². The maximum Gasteiger partial charge on any atom is 0.290 e. The van der Waals surface area contributed by atoms with E-state index in [4.69, 9.17) is 30.7 Å². The number of rotatable bonds is 12. The van der Waals surface area contributed by atoms with Crippen LogP contribution in [0.5, 0.6) is 17.4 Å². The van der Waals surface area contributed by atoms with Crippen molar-refractivity contribution < 1.29 is 28.3 Å². The van der Waals surface area contributed by atoms with Crippen molar-refractivity contribution in [2.45, 2.75) is 38.5 Å². The second-order valence-electron chi connectivity index (χ2n) is 8.27. The Morgan fingerprint density at radius 1 is 1.08 bits per heavy atom. The number of nitrogens with one attached hydrogen (secondary N) is 2. The molecule has 0 aliphatic heterocycles. The van der Waals surface area contributed by atoms with E-state index in [2.05, 4.69) is 15.3 Å². The van der Waals surface area contributed by atoms with E-state index >= 15 is 0 Å². The normalized spacial score (nSPS) is 10.9. The molecule has 4 rings (SSSR count). The highest BCUT2D eigenvalue weighted by Gasteiger charge is 2.15. The first-order chi connectivity index (χ1) is 18.0. The van der Waals surface area contributed by atoms with Crippen LogP contribution in [0.3, 0.4) is 0 Å². The lowest BCUT2D eigenvalue weighted by molar-refractivity contribution is -0.129. The molecule has 0 radical (unpaired) electrons. The van der Waals surface area contributed by atoms with E-state index in [1.54, 1.807) is 29.7 Å². The molecule has 0 fully saturated rings. The number of amides is 1. The molecular formula is C26H26ClFN4O5. The number of furan rings is 1. The Kier molecular flexibility index (Phi) is 8.76. The van der Waals surface area contributed by atoms with E-state index in [1.807, 2.05) is 6.07 Å². The van der Waals surface area contributed by atoms with E-state index in [-0.39, 0.29) is 10.9 Å². The highest BCUT2D eigenvalue weighted by atomic mass is 35.5. The van der Waals surface area contributed by atoms with Gasteiger partial charge in [0.05, 0.1) is 17.6 Å². The highest BCUT2D eigenvalue weighted by molar-refractivity contribution is 6.31. The second-order valence-corrected chi connectivity index (χ2v) is 8.68. The predicted octanol–water partition coefficient (Wildman–Crippen LogP) is 6.56. The van der Waals surface area contributed by atoms with Crippen LogP contribution in [0.25, 0.3) is 10.9 Å². The number of fused-ring (bicyclic) bond motifs is 1. The quantitative estimate of drug-likeness (QED) is 0.107. The summed E-state index contributed by atoms with van der Waals surface area (Å²) in [4.78, 5) is 19.7. The van der Waals surface area contributed by atoms with Gasteiger partial charge in [-0.05, 0) is 43.2 Å². The van der Waals surface area contributed by atoms with Crippen LogP contribution >= 0.6 is 11.6 Å². The number of unbranched alkanes of at least 4 members (excludes halogenated alkanes) is 3. The first-order valence-electron chi connectivity index (χ1n) is 11.7. The Labute approximate surface area is 217 Å². The molecule has 4 aromatic rings. The van der Waals surface area contributed by atoms with Crippen molar-refractivity contribution in [2.24, 2.45) is 0 Å². The number of carbonyl (C=O) groups is 1. The molecule has 0 unspecified atom stereocenters. The van der Waals surface area contributed by atoms with Gasteiger partial charge < -0.3 is 19.2 Å². The molecule has 0 aliphatic carbocycles. The maximum atomic E-state index is 13.5. The molecule has 11 heteroatoms. The molecule has 9 nitrogen and oxygen atoms in total. The summed E-state index contributed by atoms with van der Waals surface area (Å²) in [6.07, 6.45) is 5.88. The van der Waals surface area contributed by atoms with Gasteiger partial charge >= 0.3 is 0 Å². The van der Waals surface area contributed by atoms with Crippen LogP contribution in [0.1, 0.15) is 37.9 Å². The molecule has 37 heavy (non-hydrogen) atoms. The maximum absolute atomic E-state index is 13.5. The number of aromatic nitrogens is 2. The van der Waals surface area contributed by atoms with Crippen molar-refractivity contribution >= 4 is 39.9 Å². The third-order valence-electron chi connectivity index (χ3n) is 5.65. The Hall–Kier alpha value is -3.89. The summed E-state index contributed by atoms with van der Waals surface area (Å²) in [5, 5.41) is 12.3. The average molecular weight is 529 g/mol. The van der Waals surface area contributed by atoms with Gasteiger partial charge in [0, 0.05) is 36.0 Å². The van der Waals surface area contributed by atoms with Crippen LogP contribution in [-0.4, -0.2) is 28.2 Å². The Morgan fingerprint density at radius 3 is 2.70 bits per heavy atom. The minimum Gasteiger partial charge on any atom is -0.493 e. The molecule has 0 aliphatic rings. The van der Waals surface area contributed by atoms with Crippen LogP contribution < -0.4 is 20.3 Å². The van der Waals surface area contributed by atoms with Gasteiger partial charge in [-0.15, -0.1) is 0 Å². The van der Waals surface area contributed by atoms with E-state index < -0.39 is 5.82 Å². The summed E-state index contributed by atoms with van der Waals surface area (Å²) in [6.45, 7) is 0. The molecule has 3 N–H and O–H groups in total. The molecule has 0 saturated heterocycles. The summed E-state index contributed by atoms with van der Waals surface area (Å²) in [5.41, 5.74) is 2.82. The number of hydrogen-bond acceptors (Lipinski definition) is 8. The average Bonchev–Trinajstić information content (AvgIpc) is 3.35. The zero-order valence-electron chi connectivity index (χ0n) is 20.1. The number of hydroxylamine groups is 1. The third-order valence-corrected chi connectivity index (χ3v) is 5.94.